The van der Waals surface area contributed by atoms with Gasteiger partial charge in [0.15, 0.2) is 0 Å². The summed E-state index contributed by atoms with van der Waals surface area (Å²) in [5.74, 6) is 0.759. The molecule has 0 heterocycles. The molecule has 1 aliphatic carbocycles. The van der Waals surface area contributed by atoms with Gasteiger partial charge in [-0.3, -0.25) is 0 Å². The number of hydrogen-bond donors (Lipinski definition) is 1. The van der Waals surface area contributed by atoms with Gasteiger partial charge in [0.05, 0.1) is 12.7 Å². The smallest absolute Gasteiger partial charge is 0.125 e. The van der Waals surface area contributed by atoms with Crippen LogP contribution in [0.5, 0.6) is 5.75 Å². The van der Waals surface area contributed by atoms with Gasteiger partial charge in [0.2, 0.25) is 0 Å². The largest absolute Gasteiger partial charge is 0.490 e. The molecule has 70 valence electrons. The molecule has 2 rings (SSSR count). The number of ether oxygens (including phenoxy) is 1. The highest BCUT2D eigenvalue weighted by molar-refractivity contribution is 6.30. The van der Waals surface area contributed by atoms with Gasteiger partial charge in [0, 0.05) is 10.6 Å². The number of benzene rings is 1. The van der Waals surface area contributed by atoms with E-state index in [0.29, 0.717) is 11.1 Å². The minimum Gasteiger partial charge on any atom is -0.490 e. The Morgan fingerprint density at radius 3 is 2.85 bits per heavy atom. The first kappa shape index (κ1) is 8.85. The lowest BCUT2D eigenvalue weighted by molar-refractivity contribution is 0.258. The Kier molecular flexibility index (Phi) is 2.42. The van der Waals surface area contributed by atoms with Crippen LogP contribution >= 0.6 is 11.6 Å². The Balaban J connectivity index is 2.21. The molecule has 1 N–H and O–H groups in total. The van der Waals surface area contributed by atoms with Crippen LogP contribution in [-0.4, -0.2) is 11.2 Å². The van der Waals surface area contributed by atoms with Crippen molar-refractivity contribution in [2.45, 2.75) is 25.6 Å². The topological polar surface area (TPSA) is 29.5 Å². The maximum absolute atomic E-state index is 9.04. The third-order valence-corrected chi connectivity index (χ3v) is 2.25. The number of halogens is 1. The van der Waals surface area contributed by atoms with Crippen LogP contribution in [0.1, 0.15) is 18.4 Å². The average molecular weight is 199 g/mol. The summed E-state index contributed by atoms with van der Waals surface area (Å²) in [5.41, 5.74) is 0.763. The van der Waals surface area contributed by atoms with Crippen molar-refractivity contribution in [3.63, 3.8) is 0 Å². The summed E-state index contributed by atoms with van der Waals surface area (Å²) in [5, 5.41) is 9.67. The van der Waals surface area contributed by atoms with Gasteiger partial charge in [-0.25, -0.2) is 0 Å². The Labute approximate surface area is 82.1 Å². The minimum atomic E-state index is -0.0252. The highest BCUT2D eigenvalue weighted by atomic mass is 35.5. The normalized spacial score (nSPS) is 15.8. The van der Waals surface area contributed by atoms with Crippen LogP contribution in [0.3, 0.4) is 0 Å². The van der Waals surface area contributed by atoms with Crippen LogP contribution in [0, 0.1) is 0 Å². The number of aliphatic hydroxyl groups is 1. The summed E-state index contributed by atoms with van der Waals surface area (Å²) in [6, 6.07) is 5.32. The molecule has 0 bridgehead atoms. The van der Waals surface area contributed by atoms with E-state index < -0.39 is 0 Å². The number of aliphatic hydroxyl groups excluding tert-OH is 1. The van der Waals surface area contributed by atoms with E-state index in [-0.39, 0.29) is 6.61 Å². The first-order valence-corrected chi connectivity index (χ1v) is 4.73. The van der Waals surface area contributed by atoms with Crippen LogP contribution in [0.2, 0.25) is 5.02 Å². The second-order valence-electron chi connectivity index (χ2n) is 3.23. The fourth-order valence-electron chi connectivity index (χ4n) is 1.15. The maximum atomic E-state index is 9.04. The van der Waals surface area contributed by atoms with Gasteiger partial charge in [0.25, 0.3) is 0 Å². The zero-order valence-corrected chi connectivity index (χ0v) is 7.92. The molecule has 1 aliphatic rings. The lowest BCUT2D eigenvalue weighted by Crippen LogP contribution is -1.99. The fraction of sp³-hybridized carbons (Fsp3) is 0.400. The van der Waals surface area contributed by atoms with E-state index in [1.54, 1.807) is 12.1 Å². The molecule has 1 fully saturated rings. The van der Waals surface area contributed by atoms with Gasteiger partial charge < -0.3 is 9.84 Å². The van der Waals surface area contributed by atoms with Gasteiger partial charge in [-0.05, 0) is 31.0 Å². The van der Waals surface area contributed by atoms with E-state index in [4.69, 9.17) is 21.4 Å². The average Bonchev–Trinajstić information content (AvgIpc) is 2.92. The second kappa shape index (κ2) is 3.56. The SMILES string of the molecule is OCc1cc(Cl)ccc1OC1CC1. The maximum Gasteiger partial charge on any atom is 0.125 e. The third kappa shape index (κ3) is 2.14. The molecule has 0 spiro atoms. The Hall–Kier alpha value is -0.730. The van der Waals surface area contributed by atoms with Crippen molar-refractivity contribution >= 4 is 11.6 Å². The first-order valence-electron chi connectivity index (χ1n) is 4.35. The number of hydrogen-bond acceptors (Lipinski definition) is 2. The third-order valence-electron chi connectivity index (χ3n) is 2.01. The second-order valence-corrected chi connectivity index (χ2v) is 3.66. The van der Waals surface area contributed by atoms with E-state index in [9.17, 15) is 0 Å². The lowest BCUT2D eigenvalue weighted by atomic mass is 10.2. The van der Waals surface area contributed by atoms with Gasteiger partial charge in [0.1, 0.15) is 5.75 Å². The Morgan fingerprint density at radius 1 is 1.46 bits per heavy atom. The van der Waals surface area contributed by atoms with Gasteiger partial charge in [-0.2, -0.15) is 0 Å². The predicted octanol–water partition coefficient (Wildman–Crippen LogP) is 2.37. The first-order chi connectivity index (χ1) is 6.29. The molecule has 1 saturated carbocycles. The van der Waals surface area contributed by atoms with Crippen molar-refractivity contribution < 1.29 is 9.84 Å². The van der Waals surface area contributed by atoms with Gasteiger partial charge in [-0.15, -0.1) is 0 Å². The fourth-order valence-corrected chi connectivity index (χ4v) is 1.35. The molecule has 0 radical (unpaired) electrons. The lowest BCUT2D eigenvalue weighted by Gasteiger charge is -2.08. The molecule has 1 aromatic rings. The summed E-state index contributed by atoms with van der Waals surface area (Å²) in [6.45, 7) is -0.0252. The van der Waals surface area contributed by atoms with Crippen LogP contribution in [0.4, 0.5) is 0 Å². The van der Waals surface area contributed by atoms with Crippen molar-refractivity contribution in [3.8, 4) is 5.75 Å². The summed E-state index contributed by atoms with van der Waals surface area (Å²) in [6.07, 6.45) is 2.59. The summed E-state index contributed by atoms with van der Waals surface area (Å²) in [7, 11) is 0. The molecule has 13 heavy (non-hydrogen) atoms. The van der Waals surface area contributed by atoms with Gasteiger partial charge >= 0.3 is 0 Å². The zero-order chi connectivity index (χ0) is 9.26. The van der Waals surface area contributed by atoms with Crippen molar-refractivity contribution in [1.82, 2.24) is 0 Å². The molecule has 0 saturated heterocycles. The number of rotatable bonds is 3. The van der Waals surface area contributed by atoms with Crippen LogP contribution < -0.4 is 4.74 Å². The Bertz CT molecular complexity index is 308. The zero-order valence-electron chi connectivity index (χ0n) is 7.16. The van der Waals surface area contributed by atoms with E-state index in [2.05, 4.69) is 0 Å². The van der Waals surface area contributed by atoms with E-state index in [0.717, 1.165) is 24.2 Å². The highest BCUT2D eigenvalue weighted by Crippen LogP contribution is 2.30. The van der Waals surface area contributed by atoms with E-state index >= 15 is 0 Å². The molecule has 0 amide bonds. The predicted molar refractivity (Wildman–Crippen MR) is 51.0 cm³/mol. The molecule has 0 unspecified atom stereocenters. The molecular weight excluding hydrogens is 188 g/mol. The Morgan fingerprint density at radius 2 is 2.23 bits per heavy atom. The molecule has 3 heteroatoms. The molecule has 0 aliphatic heterocycles. The van der Waals surface area contributed by atoms with Crippen molar-refractivity contribution in [2.24, 2.45) is 0 Å². The molecule has 2 nitrogen and oxygen atoms in total. The summed E-state index contributed by atoms with van der Waals surface area (Å²) >= 11 is 5.78. The molecule has 1 aromatic carbocycles. The van der Waals surface area contributed by atoms with E-state index in [1.807, 2.05) is 6.07 Å². The monoisotopic (exact) mass is 198 g/mol. The van der Waals surface area contributed by atoms with Crippen molar-refractivity contribution in [2.75, 3.05) is 0 Å². The van der Waals surface area contributed by atoms with Crippen LogP contribution in [0.25, 0.3) is 0 Å². The molecular formula is C10H11ClO2. The van der Waals surface area contributed by atoms with Crippen molar-refractivity contribution in [1.29, 1.82) is 0 Å². The molecule has 0 aromatic heterocycles. The van der Waals surface area contributed by atoms with Crippen LogP contribution in [-0.2, 0) is 6.61 Å². The molecule has 0 atom stereocenters. The van der Waals surface area contributed by atoms with E-state index in [1.165, 1.54) is 0 Å². The highest BCUT2D eigenvalue weighted by Gasteiger charge is 2.24. The van der Waals surface area contributed by atoms with Crippen LogP contribution in [0.15, 0.2) is 18.2 Å². The standard InChI is InChI=1S/C10H11ClO2/c11-8-1-4-10(7(5-8)6-12)13-9-2-3-9/h1,4-5,9,12H,2-3,6H2. The summed E-state index contributed by atoms with van der Waals surface area (Å²) in [4.78, 5) is 0. The van der Waals surface area contributed by atoms with Crippen molar-refractivity contribution in [3.05, 3.63) is 28.8 Å². The minimum absolute atomic E-state index is 0.0252. The van der Waals surface area contributed by atoms with Gasteiger partial charge in [-0.1, -0.05) is 11.6 Å². The summed E-state index contributed by atoms with van der Waals surface area (Å²) < 4.78 is 5.58. The quantitative estimate of drug-likeness (QED) is 0.808.